The van der Waals surface area contributed by atoms with Crippen molar-refractivity contribution in [2.45, 2.75) is 19.0 Å². The highest BCUT2D eigenvalue weighted by molar-refractivity contribution is 7.55. The fourth-order valence-electron chi connectivity index (χ4n) is 1.06. The molecule has 0 fully saturated rings. The Balaban J connectivity index is 4.85. The van der Waals surface area contributed by atoms with Crippen molar-refractivity contribution in [2.24, 2.45) is 0 Å². The molecule has 6 heteroatoms. The van der Waals surface area contributed by atoms with Crippen molar-refractivity contribution in [1.82, 2.24) is 0 Å². The van der Waals surface area contributed by atoms with E-state index >= 15 is 0 Å². The molecule has 0 rings (SSSR count). The van der Waals surface area contributed by atoms with Crippen LogP contribution in [-0.2, 0) is 18.4 Å². The number of rotatable bonds is 9. The van der Waals surface area contributed by atoms with Crippen molar-refractivity contribution in [3.05, 3.63) is 25.3 Å². The Kier molecular flexibility index (Phi) is 6.97. The minimum atomic E-state index is -3.66. The molecule has 0 heterocycles. The van der Waals surface area contributed by atoms with Gasteiger partial charge < -0.3 is 14.2 Å². The third-order valence-corrected chi connectivity index (χ3v) is 4.17. The van der Waals surface area contributed by atoms with Crippen molar-refractivity contribution >= 4 is 13.6 Å². The summed E-state index contributed by atoms with van der Waals surface area (Å²) in [7, 11) is -3.66. The lowest BCUT2D eigenvalue weighted by molar-refractivity contribution is -0.137. The summed E-state index contributed by atoms with van der Waals surface area (Å²) >= 11 is 0. The Morgan fingerprint density at radius 1 is 1.38 bits per heavy atom. The van der Waals surface area contributed by atoms with Crippen LogP contribution in [0.4, 0.5) is 0 Å². The molecule has 0 saturated heterocycles. The van der Waals surface area contributed by atoms with E-state index in [2.05, 4.69) is 13.2 Å². The zero-order valence-electron chi connectivity index (χ0n) is 9.30. The van der Waals surface area contributed by atoms with Gasteiger partial charge in [-0.1, -0.05) is 19.1 Å². The molecule has 0 spiro atoms. The van der Waals surface area contributed by atoms with Crippen LogP contribution in [0.5, 0.6) is 0 Å². The zero-order valence-corrected chi connectivity index (χ0v) is 10.2. The summed E-state index contributed by atoms with van der Waals surface area (Å²) in [4.78, 5) is 10.9. The van der Waals surface area contributed by atoms with E-state index in [9.17, 15) is 9.36 Å². The van der Waals surface area contributed by atoms with Crippen LogP contribution < -0.4 is 0 Å². The first-order valence-corrected chi connectivity index (χ1v) is 6.46. The van der Waals surface area contributed by atoms with Crippen molar-refractivity contribution in [3.63, 3.8) is 0 Å². The summed E-state index contributed by atoms with van der Waals surface area (Å²) < 4.78 is 22.1. The zero-order chi connectivity index (χ0) is 12.6. The molecular formula is C10H17O5P. The van der Waals surface area contributed by atoms with E-state index in [0.29, 0.717) is 0 Å². The third kappa shape index (κ3) is 4.31. The molecule has 0 aromatic rings. The monoisotopic (exact) mass is 248 g/mol. The maximum absolute atomic E-state index is 12.2. The van der Waals surface area contributed by atoms with Gasteiger partial charge in [-0.2, -0.15) is 0 Å². The van der Waals surface area contributed by atoms with Crippen LogP contribution in [0.3, 0.4) is 0 Å². The number of hydrogen-bond donors (Lipinski definition) is 1. The molecule has 0 aromatic carbocycles. The van der Waals surface area contributed by atoms with Gasteiger partial charge in [0.15, 0.2) is 5.66 Å². The van der Waals surface area contributed by atoms with Crippen LogP contribution in [-0.4, -0.2) is 29.9 Å². The smallest absolute Gasteiger partial charge is 0.345 e. The number of carboxylic acids is 1. The fraction of sp³-hybridized carbons (Fsp3) is 0.500. The second-order valence-electron chi connectivity index (χ2n) is 2.97. The average molecular weight is 248 g/mol. The molecule has 0 aliphatic carbocycles. The summed E-state index contributed by atoms with van der Waals surface area (Å²) in [5, 5.41) is 8.92. The molecule has 1 atom stereocenters. The first kappa shape index (κ1) is 15.1. The summed E-state index contributed by atoms with van der Waals surface area (Å²) in [6.07, 6.45) is 2.94. The van der Waals surface area contributed by atoms with E-state index in [4.69, 9.17) is 14.2 Å². The Bertz CT molecular complexity index is 284. The van der Waals surface area contributed by atoms with E-state index in [1.807, 2.05) is 0 Å². The normalized spacial score (nSPS) is 13.1. The average Bonchev–Trinajstić information content (AvgIpc) is 2.24. The Hall–Kier alpha value is -0.900. The molecule has 5 nitrogen and oxygen atoms in total. The van der Waals surface area contributed by atoms with Crippen molar-refractivity contribution < 1.29 is 23.5 Å². The van der Waals surface area contributed by atoms with Crippen molar-refractivity contribution in [2.75, 3.05) is 13.2 Å². The second-order valence-corrected chi connectivity index (χ2v) is 5.19. The predicted molar refractivity (Wildman–Crippen MR) is 61.6 cm³/mol. The van der Waals surface area contributed by atoms with Gasteiger partial charge >= 0.3 is 13.6 Å². The van der Waals surface area contributed by atoms with E-state index < -0.39 is 19.2 Å². The topological polar surface area (TPSA) is 72.8 Å². The Labute approximate surface area is 95.3 Å². The van der Waals surface area contributed by atoms with Gasteiger partial charge in [0.2, 0.25) is 0 Å². The number of hydrogen-bond acceptors (Lipinski definition) is 4. The van der Waals surface area contributed by atoms with Gasteiger partial charge in [-0.25, -0.2) is 0 Å². The minimum absolute atomic E-state index is 0.0157. The molecule has 0 radical (unpaired) electrons. The highest BCUT2D eigenvalue weighted by Crippen LogP contribution is 2.54. The lowest BCUT2D eigenvalue weighted by atomic mass is 10.3. The third-order valence-electron chi connectivity index (χ3n) is 1.80. The first-order valence-electron chi connectivity index (χ1n) is 4.85. The summed E-state index contributed by atoms with van der Waals surface area (Å²) in [5.41, 5.74) is -1.16. The maximum Gasteiger partial charge on any atom is 0.345 e. The minimum Gasteiger partial charge on any atom is -0.481 e. The molecule has 92 valence electrons. The molecule has 0 amide bonds. The molecule has 0 aliphatic heterocycles. The Morgan fingerprint density at radius 2 is 1.81 bits per heavy atom. The molecule has 1 unspecified atom stereocenters. The van der Waals surface area contributed by atoms with Gasteiger partial charge in [-0.3, -0.25) is 9.36 Å². The van der Waals surface area contributed by atoms with Gasteiger partial charge in [0.1, 0.15) is 0 Å². The molecule has 0 aromatic heterocycles. The maximum atomic E-state index is 12.2. The van der Waals surface area contributed by atoms with Gasteiger partial charge in [0.25, 0.3) is 0 Å². The summed E-state index contributed by atoms with van der Waals surface area (Å²) in [6.45, 7) is 8.39. The largest absolute Gasteiger partial charge is 0.481 e. The standard InChI is InChI=1S/C10H17O5P/c1-4-7-14-16(13,15-8-5-2)9(6-3)10(11)12/h4-5,9H,1-2,6-8H2,3H3,(H,11,12). The van der Waals surface area contributed by atoms with Crippen LogP contribution in [0, 0.1) is 0 Å². The SMILES string of the molecule is C=CCOP(=O)(OCC=C)C(CC)C(=O)O. The number of aliphatic carboxylic acids is 1. The van der Waals surface area contributed by atoms with Gasteiger partial charge in [0.05, 0.1) is 13.2 Å². The number of carboxylic acid groups (broad SMARTS) is 1. The van der Waals surface area contributed by atoms with Gasteiger partial charge in [-0.15, -0.1) is 13.2 Å². The quantitative estimate of drug-likeness (QED) is 0.501. The van der Waals surface area contributed by atoms with Gasteiger partial charge in [0, 0.05) is 0 Å². The summed E-state index contributed by atoms with van der Waals surface area (Å²) in [6, 6.07) is 0. The van der Waals surface area contributed by atoms with Crippen LogP contribution in [0.25, 0.3) is 0 Å². The van der Waals surface area contributed by atoms with Crippen molar-refractivity contribution in [3.8, 4) is 0 Å². The van der Waals surface area contributed by atoms with Crippen molar-refractivity contribution in [1.29, 1.82) is 0 Å². The van der Waals surface area contributed by atoms with E-state index in [1.165, 1.54) is 12.2 Å². The van der Waals surface area contributed by atoms with Gasteiger partial charge in [-0.05, 0) is 6.42 Å². The van der Waals surface area contributed by atoms with E-state index in [-0.39, 0.29) is 19.6 Å². The van der Waals surface area contributed by atoms with Crippen LogP contribution >= 0.6 is 7.60 Å². The van der Waals surface area contributed by atoms with E-state index in [0.717, 1.165) is 0 Å². The fourth-order valence-corrected chi connectivity index (χ4v) is 2.84. The van der Waals surface area contributed by atoms with E-state index in [1.54, 1.807) is 6.92 Å². The Morgan fingerprint density at radius 3 is 2.06 bits per heavy atom. The highest BCUT2D eigenvalue weighted by atomic mass is 31.2. The summed E-state index contributed by atoms with van der Waals surface area (Å²) in [5.74, 6) is -1.20. The van der Waals surface area contributed by atoms with Crippen LogP contribution in [0.1, 0.15) is 13.3 Å². The first-order chi connectivity index (χ1) is 7.51. The molecule has 0 bridgehead atoms. The number of carbonyl (C=O) groups is 1. The van der Waals surface area contributed by atoms with Crippen LogP contribution in [0.15, 0.2) is 25.3 Å². The second kappa shape index (κ2) is 7.39. The highest BCUT2D eigenvalue weighted by Gasteiger charge is 2.39. The lowest BCUT2D eigenvalue weighted by Crippen LogP contribution is -2.22. The van der Waals surface area contributed by atoms with Crippen LogP contribution in [0.2, 0.25) is 0 Å². The molecule has 1 N–H and O–H groups in total. The molecule has 16 heavy (non-hydrogen) atoms. The lowest BCUT2D eigenvalue weighted by Gasteiger charge is -2.22. The molecule has 0 saturated carbocycles. The molecular weight excluding hydrogens is 231 g/mol. The molecule has 0 aliphatic rings. The predicted octanol–water partition coefficient (Wildman–Crippen LogP) is 2.45.